The van der Waals surface area contributed by atoms with E-state index >= 15 is 0 Å². The van der Waals surface area contributed by atoms with E-state index in [4.69, 9.17) is 18.9 Å². The summed E-state index contributed by atoms with van der Waals surface area (Å²) in [6.07, 6.45) is 2.34. The zero-order valence-electron chi connectivity index (χ0n) is 13.8. The fourth-order valence-corrected chi connectivity index (χ4v) is 5.81. The Kier molecular flexibility index (Phi) is 3.00. The summed E-state index contributed by atoms with van der Waals surface area (Å²) in [5, 5.41) is 0. The number of ether oxygens (including phenoxy) is 4. The molecule has 6 fully saturated rings. The predicted octanol–water partition coefficient (Wildman–Crippen LogP) is 2.15. The highest BCUT2D eigenvalue weighted by atomic mass is 19.3. The molecule has 6 nitrogen and oxygen atoms in total. The monoisotopic (exact) mass is 358 g/mol. The van der Waals surface area contributed by atoms with Gasteiger partial charge < -0.3 is 18.9 Å². The van der Waals surface area contributed by atoms with Crippen LogP contribution < -0.4 is 0 Å². The van der Waals surface area contributed by atoms with Crippen molar-refractivity contribution in [3.8, 4) is 0 Å². The maximum atomic E-state index is 13.3. The number of carbonyl (C=O) groups is 2. The van der Waals surface area contributed by atoms with Gasteiger partial charge in [-0.2, -0.15) is 8.78 Å². The molecule has 6 rings (SSSR count). The largest absolute Gasteiger partial charge is 0.455 e. The molecule has 4 aliphatic carbocycles. The lowest BCUT2D eigenvalue weighted by molar-refractivity contribution is -0.335. The van der Waals surface area contributed by atoms with Gasteiger partial charge in [-0.3, -0.25) is 4.79 Å². The van der Waals surface area contributed by atoms with Gasteiger partial charge in [-0.15, -0.1) is 0 Å². The molecular weight excluding hydrogens is 338 g/mol. The van der Waals surface area contributed by atoms with E-state index in [1.165, 1.54) is 0 Å². The second-order valence-electron chi connectivity index (χ2n) is 8.36. The van der Waals surface area contributed by atoms with Crippen LogP contribution in [0, 0.1) is 17.8 Å². The van der Waals surface area contributed by atoms with Crippen LogP contribution in [0.25, 0.3) is 0 Å². The van der Waals surface area contributed by atoms with Crippen LogP contribution in [-0.4, -0.2) is 41.6 Å². The van der Waals surface area contributed by atoms with E-state index in [1.54, 1.807) is 0 Å². The van der Waals surface area contributed by atoms with Gasteiger partial charge in [-0.05, 0) is 38.0 Å². The van der Waals surface area contributed by atoms with E-state index in [0.717, 1.165) is 12.8 Å². The summed E-state index contributed by atoms with van der Waals surface area (Å²) in [7, 11) is 0. The van der Waals surface area contributed by atoms with Crippen LogP contribution in [0.3, 0.4) is 0 Å². The third kappa shape index (κ3) is 2.19. The Morgan fingerprint density at radius 3 is 2.48 bits per heavy atom. The Morgan fingerprint density at radius 2 is 1.88 bits per heavy atom. The molecule has 4 atom stereocenters. The number of fused-ring (bicyclic) bond motifs is 1. The number of alkyl halides is 2. The van der Waals surface area contributed by atoms with Crippen LogP contribution in [0.5, 0.6) is 0 Å². The Hall–Kier alpha value is -1.28. The Bertz CT molecular complexity index is 610. The number of rotatable bonds is 2. The van der Waals surface area contributed by atoms with Crippen LogP contribution in [0.15, 0.2) is 0 Å². The SMILES string of the molecule is CC(F)(F)C(=O)OC12CC3CC(C1)C1(OC4CC(=O)OC4O1)C(C3)C2. The molecule has 2 saturated heterocycles. The first-order valence-electron chi connectivity index (χ1n) is 8.85. The minimum absolute atomic E-state index is 0.0404. The molecule has 0 amide bonds. The number of halogens is 2. The molecule has 8 heteroatoms. The van der Waals surface area contributed by atoms with Gasteiger partial charge in [0.05, 0.1) is 6.42 Å². The van der Waals surface area contributed by atoms with Crippen molar-refractivity contribution >= 4 is 11.9 Å². The van der Waals surface area contributed by atoms with E-state index in [-0.39, 0.29) is 24.2 Å². The lowest BCUT2D eigenvalue weighted by Gasteiger charge is -2.62. The van der Waals surface area contributed by atoms with Crippen molar-refractivity contribution in [2.75, 3.05) is 0 Å². The van der Waals surface area contributed by atoms with Crippen molar-refractivity contribution in [3.63, 3.8) is 0 Å². The summed E-state index contributed by atoms with van der Waals surface area (Å²) in [5.74, 6) is -5.88. The topological polar surface area (TPSA) is 71.1 Å². The van der Waals surface area contributed by atoms with Crippen molar-refractivity contribution in [1.82, 2.24) is 0 Å². The smallest absolute Gasteiger partial charge is 0.377 e. The molecular formula is C17H20F2O6. The third-order valence-electron chi connectivity index (χ3n) is 6.49. The van der Waals surface area contributed by atoms with Crippen molar-refractivity contribution < 1.29 is 37.3 Å². The Balaban J connectivity index is 1.40. The minimum Gasteiger partial charge on any atom is -0.455 e. The molecule has 4 bridgehead atoms. The standard InChI is InChI=1S/C17H20F2O6/c1-15(18,19)14(21)25-16-5-8-2-9(6-16)17(10(3-8)7-16)23-11-4-12(20)22-13(11)24-17/h8-11,13H,2-7H2,1H3. The summed E-state index contributed by atoms with van der Waals surface area (Å²) < 4.78 is 49.4. The molecule has 138 valence electrons. The molecule has 0 aromatic rings. The van der Waals surface area contributed by atoms with E-state index < -0.39 is 35.7 Å². The third-order valence-corrected chi connectivity index (χ3v) is 6.49. The summed E-state index contributed by atoms with van der Waals surface area (Å²) in [6.45, 7) is 0.566. The summed E-state index contributed by atoms with van der Waals surface area (Å²) in [6, 6.07) is 0. The van der Waals surface area contributed by atoms with Crippen LogP contribution in [-0.2, 0) is 28.5 Å². The summed E-state index contributed by atoms with van der Waals surface area (Å²) in [4.78, 5) is 23.2. The first-order valence-corrected chi connectivity index (χ1v) is 8.85. The molecule has 25 heavy (non-hydrogen) atoms. The summed E-state index contributed by atoms with van der Waals surface area (Å²) >= 11 is 0. The fraction of sp³-hybridized carbons (Fsp3) is 0.882. The van der Waals surface area contributed by atoms with Gasteiger partial charge in [-0.1, -0.05) is 0 Å². The maximum absolute atomic E-state index is 13.3. The molecule has 0 N–H and O–H groups in total. The average Bonchev–Trinajstić information content (AvgIpc) is 2.98. The molecule has 6 aliphatic rings. The molecule has 4 saturated carbocycles. The molecule has 2 aliphatic heterocycles. The number of hydrogen-bond acceptors (Lipinski definition) is 6. The lowest BCUT2D eigenvalue weighted by Crippen LogP contribution is -2.65. The Labute approximate surface area is 143 Å². The van der Waals surface area contributed by atoms with Crippen LogP contribution in [0.4, 0.5) is 8.78 Å². The fourth-order valence-electron chi connectivity index (χ4n) is 5.81. The normalized spacial score (nSPS) is 50.2. The first-order chi connectivity index (χ1) is 11.7. The molecule has 0 aromatic carbocycles. The second kappa shape index (κ2) is 4.71. The van der Waals surface area contributed by atoms with Gasteiger partial charge in [0.1, 0.15) is 11.7 Å². The van der Waals surface area contributed by atoms with Gasteiger partial charge in [-0.25, -0.2) is 4.79 Å². The van der Waals surface area contributed by atoms with Crippen LogP contribution in [0.2, 0.25) is 0 Å². The number of carbonyl (C=O) groups excluding carboxylic acids is 2. The first kappa shape index (κ1) is 15.9. The van der Waals surface area contributed by atoms with Gasteiger partial charge in [0.25, 0.3) is 0 Å². The second-order valence-corrected chi connectivity index (χ2v) is 8.36. The number of hydrogen-bond donors (Lipinski definition) is 0. The highest BCUT2D eigenvalue weighted by Crippen LogP contribution is 2.65. The van der Waals surface area contributed by atoms with Gasteiger partial charge in [0.2, 0.25) is 6.29 Å². The minimum atomic E-state index is -3.49. The van der Waals surface area contributed by atoms with Gasteiger partial charge in [0.15, 0.2) is 5.79 Å². The molecule has 0 aromatic heterocycles. The predicted molar refractivity (Wildman–Crippen MR) is 76.2 cm³/mol. The zero-order valence-corrected chi connectivity index (χ0v) is 13.8. The van der Waals surface area contributed by atoms with Gasteiger partial charge in [0, 0.05) is 18.8 Å². The van der Waals surface area contributed by atoms with Crippen molar-refractivity contribution in [1.29, 1.82) is 0 Å². The van der Waals surface area contributed by atoms with E-state index in [2.05, 4.69) is 0 Å². The highest BCUT2D eigenvalue weighted by molar-refractivity contribution is 5.77. The summed E-state index contributed by atoms with van der Waals surface area (Å²) in [5.41, 5.74) is -0.848. The van der Waals surface area contributed by atoms with Gasteiger partial charge >= 0.3 is 17.9 Å². The Morgan fingerprint density at radius 1 is 1.20 bits per heavy atom. The molecule has 1 spiro atoms. The van der Waals surface area contributed by atoms with Crippen LogP contribution in [0.1, 0.15) is 45.4 Å². The molecule has 4 unspecified atom stereocenters. The highest BCUT2D eigenvalue weighted by Gasteiger charge is 2.70. The average molecular weight is 358 g/mol. The van der Waals surface area contributed by atoms with E-state index in [1.807, 2.05) is 0 Å². The maximum Gasteiger partial charge on any atom is 0.377 e. The lowest BCUT2D eigenvalue weighted by atomic mass is 9.51. The molecule has 0 radical (unpaired) electrons. The van der Waals surface area contributed by atoms with Crippen molar-refractivity contribution in [2.45, 2.75) is 75.2 Å². The van der Waals surface area contributed by atoms with Crippen LogP contribution >= 0.6 is 0 Å². The van der Waals surface area contributed by atoms with E-state index in [0.29, 0.717) is 32.1 Å². The molecule has 2 heterocycles. The van der Waals surface area contributed by atoms with Crippen molar-refractivity contribution in [2.24, 2.45) is 17.8 Å². The van der Waals surface area contributed by atoms with E-state index in [9.17, 15) is 18.4 Å². The quantitative estimate of drug-likeness (QED) is 0.705. The van der Waals surface area contributed by atoms with Crippen molar-refractivity contribution in [3.05, 3.63) is 0 Å². The zero-order chi connectivity index (χ0) is 17.6. The number of esters is 2.